The van der Waals surface area contributed by atoms with Gasteiger partial charge in [0.05, 0.1) is 0 Å². The van der Waals surface area contributed by atoms with Gasteiger partial charge in [-0.3, -0.25) is 9.59 Å². The van der Waals surface area contributed by atoms with Crippen LogP contribution >= 0.6 is 0 Å². The van der Waals surface area contributed by atoms with Crippen LogP contribution in [0.15, 0.2) is 0 Å². The predicted molar refractivity (Wildman–Crippen MR) is 48.3 cm³/mol. The highest BCUT2D eigenvalue weighted by Gasteiger charge is 2.35. The molecule has 0 unspecified atom stereocenters. The molecule has 1 fully saturated rings. The SMILES string of the molecule is C[Si]C[C@H]1CC(=O)N1COC(C)=O. The maximum Gasteiger partial charge on any atom is 0.304 e. The number of esters is 1. The molecule has 72 valence electrons. The standard InChI is InChI=1S/C8H13NO3Si/c1-6(10)12-5-9-7(4-13-2)3-8(9)11/h7H,3-5H2,1-2H3/t7-/m1/s1. The van der Waals surface area contributed by atoms with Crippen molar-refractivity contribution in [3.05, 3.63) is 0 Å². The van der Waals surface area contributed by atoms with Crippen LogP contribution in [0.1, 0.15) is 13.3 Å². The maximum absolute atomic E-state index is 11.1. The van der Waals surface area contributed by atoms with Gasteiger partial charge in [0.15, 0.2) is 6.73 Å². The summed E-state index contributed by atoms with van der Waals surface area (Å²) in [6.07, 6.45) is 0.613. The van der Waals surface area contributed by atoms with Gasteiger partial charge in [-0.15, -0.1) is 0 Å². The van der Waals surface area contributed by atoms with Crippen molar-refractivity contribution < 1.29 is 14.3 Å². The zero-order chi connectivity index (χ0) is 9.84. The summed E-state index contributed by atoms with van der Waals surface area (Å²) in [4.78, 5) is 23.2. The first-order valence-electron chi connectivity index (χ1n) is 4.22. The second-order valence-electron chi connectivity index (χ2n) is 3.04. The molecule has 0 aromatic rings. The Morgan fingerprint density at radius 1 is 1.77 bits per heavy atom. The zero-order valence-electron chi connectivity index (χ0n) is 7.87. The molecular weight excluding hydrogens is 186 g/mol. The minimum atomic E-state index is -0.336. The number of ether oxygens (including phenoxy) is 1. The first-order chi connectivity index (χ1) is 6.15. The van der Waals surface area contributed by atoms with Crippen LogP contribution < -0.4 is 0 Å². The Morgan fingerprint density at radius 3 is 2.92 bits per heavy atom. The van der Waals surface area contributed by atoms with Crippen molar-refractivity contribution in [3.8, 4) is 0 Å². The van der Waals surface area contributed by atoms with Gasteiger partial charge >= 0.3 is 5.97 Å². The van der Waals surface area contributed by atoms with E-state index in [9.17, 15) is 9.59 Å². The van der Waals surface area contributed by atoms with E-state index < -0.39 is 0 Å². The molecule has 1 rings (SSSR count). The first-order valence-corrected chi connectivity index (χ1v) is 5.93. The number of hydrogen-bond donors (Lipinski definition) is 0. The number of carbonyl (C=O) groups is 2. The summed E-state index contributed by atoms with van der Waals surface area (Å²) in [5, 5.41) is 0. The Hall–Kier alpha value is -0.843. The summed E-state index contributed by atoms with van der Waals surface area (Å²) in [5.74, 6) is -0.248. The van der Waals surface area contributed by atoms with Crippen molar-refractivity contribution in [2.75, 3.05) is 6.73 Å². The van der Waals surface area contributed by atoms with E-state index in [-0.39, 0.29) is 18.6 Å². The third kappa shape index (κ3) is 2.55. The van der Waals surface area contributed by atoms with Crippen LogP contribution in [0.4, 0.5) is 0 Å². The van der Waals surface area contributed by atoms with Gasteiger partial charge in [-0.2, -0.15) is 0 Å². The molecule has 1 heterocycles. The number of likely N-dealkylation sites (tertiary alicyclic amines) is 1. The van der Waals surface area contributed by atoms with Crippen LogP contribution in [0.5, 0.6) is 0 Å². The fourth-order valence-corrected chi connectivity index (χ4v) is 2.11. The Bertz CT molecular complexity index is 219. The Kier molecular flexibility index (Phi) is 3.47. The molecule has 0 N–H and O–H groups in total. The normalized spacial score (nSPS) is 21.2. The Labute approximate surface area is 80.1 Å². The number of amides is 1. The first kappa shape index (κ1) is 10.2. The van der Waals surface area contributed by atoms with Crippen molar-refractivity contribution in [3.63, 3.8) is 0 Å². The van der Waals surface area contributed by atoms with Gasteiger partial charge in [0.1, 0.15) is 0 Å². The smallest absolute Gasteiger partial charge is 0.304 e. The lowest BCUT2D eigenvalue weighted by atomic mass is 10.1. The summed E-state index contributed by atoms with van der Waals surface area (Å²) >= 11 is 0. The topological polar surface area (TPSA) is 46.6 Å². The van der Waals surface area contributed by atoms with Gasteiger partial charge in [0.25, 0.3) is 0 Å². The highest BCUT2D eigenvalue weighted by atomic mass is 28.2. The second kappa shape index (κ2) is 4.41. The summed E-state index contributed by atoms with van der Waals surface area (Å²) in [6.45, 7) is 3.58. The molecular formula is C8H13NO3Si. The lowest BCUT2D eigenvalue weighted by molar-refractivity contribution is -0.161. The molecule has 0 spiro atoms. The summed E-state index contributed by atoms with van der Waals surface area (Å²) < 4.78 is 4.76. The lowest BCUT2D eigenvalue weighted by Gasteiger charge is -2.39. The molecule has 5 heteroatoms. The van der Waals surface area contributed by atoms with Gasteiger partial charge in [-0.1, -0.05) is 6.55 Å². The summed E-state index contributed by atoms with van der Waals surface area (Å²) in [6, 6.07) is 1.32. The number of β-lactam (4-membered cyclic amide) rings is 1. The van der Waals surface area contributed by atoms with Crippen LogP contribution in [0.25, 0.3) is 0 Å². The summed E-state index contributed by atoms with van der Waals surface area (Å²) in [7, 11) is 0.836. The van der Waals surface area contributed by atoms with E-state index in [1.54, 1.807) is 4.90 Å². The van der Waals surface area contributed by atoms with Crippen molar-refractivity contribution in [2.24, 2.45) is 0 Å². The monoisotopic (exact) mass is 199 g/mol. The zero-order valence-corrected chi connectivity index (χ0v) is 8.87. The molecule has 0 aromatic carbocycles. The van der Waals surface area contributed by atoms with E-state index in [0.29, 0.717) is 12.5 Å². The molecule has 0 aliphatic carbocycles. The van der Waals surface area contributed by atoms with Gasteiger partial charge in [0, 0.05) is 28.9 Å². The van der Waals surface area contributed by atoms with Crippen LogP contribution in [0, 0.1) is 0 Å². The molecule has 0 bridgehead atoms. The molecule has 1 aliphatic rings. The molecule has 2 radical (unpaired) electrons. The average Bonchev–Trinajstić information content (AvgIpc) is 2.03. The largest absolute Gasteiger partial charge is 0.444 e. The highest BCUT2D eigenvalue weighted by Crippen LogP contribution is 2.21. The molecule has 1 aliphatic heterocycles. The van der Waals surface area contributed by atoms with Gasteiger partial charge < -0.3 is 9.64 Å². The third-order valence-electron chi connectivity index (χ3n) is 2.02. The fraction of sp³-hybridized carbons (Fsp3) is 0.750. The Balaban J connectivity index is 2.29. The minimum Gasteiger partial charge on any atom is -0.444 e. The quantitative estimate of drug-likeness (QED) is 0.371. The summed E-state index contributed by atoms with van der Waals surface area (Å²) in [5.41, 5.74) is 0. The predicted octanol–water partition coefficient (Wildman–Crippen LogP) is 0.278. The fourth-order valence-electron chi connectivity index (χ4n) is 1.28. The van der Waals surface area contributed by atoms with Crippen molar-refractivity contribution in [1.29, 1.82) is 0 Å². The van der Waals surface area contributed by atoms with Crippen LogP contribution in [-0.4, -0.2) is 39.1 Å². The average molecular weight is 199 g/mol. The molecule has 13 heavy (non-hydrogen) atoms. The van der Waals surface area contributed by atoms with Crippen molar-refractivity contribution in [1.82, 2.24) is 4.90 Å². The van der Waals surface area contributed by atoms with E-state index >= 15 is 0 Å². The van der Waals surface area contributed by atoms with E-state index in [1.807, 2.05) is 0 Å². The molecule has 1 amide bonds. The van der Waals surface area contributed by atoms with Crippen molar-refractivity contribution in [2.45, 2.75) is 32.0 Å². The molecule has 1 saturated heterocycles. The van der Waals surface area contributed by atoms with Crippen LogP contribution in [0.3, 0.4) is 0 Å². The maximum atomic E-state index is 11.1. The number of carbonyl (C=O) groups excluding carboxylic acids is 2. The molecule has 0 saturated carbocycles. The van der Waals surface area contributed by atoms with Crippen molar-refractivity contribution >= 4 is 21.4 Å². The van der Waals surface area contributed by atoms with E-state index in [0.717, 1.165) is 15.6 Å². The van der Waals surface area contributed by atoms with Gasteiger partial charge in [-0.25, -0.2) is 0 Å². The molecule has 0 aromatic heterocycles. The van der Waals surface area contributed by atoms with Gasteiger partial charge in [-0.05, 0) is 6.04 Å². The van der Waals surface area contributed by atoms with Gasteiger partial charge in [0.2, 0.25) is 5.91 Å². The third-order valence-corrected chi connectivity index (χ3v) is 2.90. The molecule has 4 nitrogen and oxygen atoms in total. The lowest BCUT2D eigenvalue weighted by Crippen LogP contribution is -2.53. The number of rotatable bonds is 4. The Morgan fingerprint density at radius 2 is 2.46 bits per heavy atom. The van der Waals surface area contributed by atoms with E-state index in [2.05, 4.69) is 6.55 Å². The molecule has 1 atom stereocenters. The second-order valence-corrected chi connectivity index (χ2v) is 4.16. The van der Waals surface area contributed by atoms with Crippen LogP contribution in [-0.2, 0) is 14.3 Å². The van der Waals surface area contributed by atoms with E-state index in [1.165, 1.54) is 6.92 Å². The highest BCUT2D eigenvalue weighted by molar-refractivity contribution is 6.33. The number of nitrogens with zero attached hydrogens (tertiary/aromatic N) is 1. The van der Waals surface area contributed by atoms with Crippen LogP contribution in [0.2, 0.25) is 12.6 Å². The van der Waals surface area contributed by atoms with E-state index in [4.69, 9.17) is 4.74 Å². The minimum absolute atomic E-state index is 0.0875. The number of hydrogen-bond acceptors (Lipinski definition) is 3.